The van der Waals surface area contributed by atoms with E-state index in [4.69, 9.17) is 0 Å². The van der Waals surface area contributed by atoms with Crippen LogP contribution in [-0.4, -0.2) is 72.1 Å². The van der Waals surface area contributed by atoms with Gasteiger partial charge in [0.2, 0.25) is 11.8 Å². The highest BCUT2D eigenvalue weighted by atomic mass is 16.3. The molecule has 0 spiro atoms. The number of nitrogens with one attached hydrogen (secondary N) is 1. The Hall–Kier alpha value is -1.14. The first kappa shape index (κ1) is 16.9. The lowest BCUT2D eigenvalue weighted by Crippen LogP contribution is -2.57. The fourth-order valence-corrected chi connectivity index (χ4v) is 2.56. The molecule has 2 N–H and O–H groups in total. The number of carbonyl (C=O) groups excluding carboxylic acids is 2. The Bertz CT molecular complexity index is 334. The molecule has 1 rings (SSSR count). The molecule has 1 aliphatic rings. The maximum absolute atomic E-state index is 12.0. The smallest absolute Gasteiger partial charge is 0.242 e. The number of carbonyl (C=O) groups is 2. The van der Waals surface area contributed by atoms with Gasteiger partial charge in [-0.2, -0.15) is 0 Å². The second kappa shape index (κ2) is 8.21. The van der Waals surface area contributed by atoms with Gasteiger partial charge in [0.25, 0.3) is 0 Å². The van der Waals surface area contributed by atoms with Crippen LogP contribution in [0.2, 0.25) is 0 Å². The molecular weight excluding hydrogens is 258 g/mol. The number of aliphatic hydroxyl groups is 1. The van der Waals surface area contributed by atoms with Gasteiger partial charge in [0.05, 0.1) is 6.54 Å². The van der Waals surface area contributed by atoms with Gasteiger partial charge in [-0.25, -0.2) is 0 Å². The van der Waals surface area contributed by atoms with Crippen LogP contribution in [0, 0.1) is 5.92 Å². The Balaban J connectivity index is 2.53. The summed E-state index contributed by atoms with van der Waals surface area (Å²) in [4.78, 5) is 27.0. The molecule has 1 fully saturated rings. The lowest BCUT2D eigenvalue weighted by molar-refractivity contribution is -0.135. The summed E-state index contributed by atoms with van der Waals surface area (Å²) < 4.78 is 0. The van der Waals surface area contributed by atoms with Crippen molar-refractivity contribution in [2.45, 2.75) is 33.2 Å². The molecule has 6 heteroatoms. The zero-order valence-corrected chi connectivity index (χ0v) is 12.8. The van der Waals surface area contributed by atoms with Gasteiger partial charge in [-0.05, 0) is 12.3 Å². The normalized spacial score (nSPS) is 20.2. The van der Waals surface area contributed by atoms with E-state index in [0.29, 0.717) is 25.4 Å². The van der Waals surface area contributed by atoms with Crippen molar-refractivity contribution in [3.8, 4) is 0 Å². The van der Waals surface area contributed by atoms with Crippen molar-refractivity contribution in [3.63, 3.8) is 0 Å². The maximum atomic E-state index is 12.0. The molecule has 1 aliphatic heterocycles. The van der Waals surface area contributed by atoms with Crippen LogP contribution in [0.15, 0.2) is 0 Å². The summed E-state index contributed by atoms with van der Waals surface area (Å²) >= 11 is 0. The van der Waals surface area contributed by atoms with Crippen LogP contribution in [-0.2, 0) is 9.59 Å². The number of hydrogen-bond donors (Lipinski definition) is 2. The number of amides is 2. The minimum atomic E-state index is -0.191. The highest BCUT2D eigenvalue weighted by Gasteiger charge is 2.29. The van der Waals surface area contributed by atoms with E-state index in [-0.39, 0.29) is 31.0 Å². The van der Waals surface area contributed by atoms with Crippen molar-refractivity contribution in [1.82, 2.24) is 15.1 Å². The quantitative estimate of drug-likeness (QED) is 0.701. The minimum absolute atomic E-state index is 0.0488. The molecular formula is C14H27N3O3. The molecule has 1 saturated heterocycles. The summed E-state index contributed by atoms with van der Waals surface area (Å²) in [6.45, 7) is 9.07. The minimum Gasteiger partial charge on any atom is -0.396 e. The third-order valence-corrected chi connectivity index (χ3v) is 3.51. The molecule has 2 amide bonds. The van der Waals surface area contributed by atoms with Crippen molar-refractivity contribution in [3.05, 3.63) is 0 Å². The van der Waals surface area contributed by atoms with Gasteiger partial charge in [-0.1, -0.05) is 13.8 Å². The molecule has 6 nitrogen and oxygen atoms in total. The second-order valence-corrected chi connectivity index (χ2v) is 5.80. The number of piperazine rings is 1. The molecule has 1 atom stereocenters. The molecule has 20 heavy (non-hydrogen) atoms. The van der Waals surface area contributed by atoms with Crippen molar-refractivity contribution < 1.29 is 14.7 Å². The lowest BCUT2D eigenvalue weighted by atomic mass is 10.1. The van der Waals surface area contributed by atoms with E-state index in [1.54, 1.807) is 4.90 Å². The monoisotopic (exact) mass is 285 g/mol. The second-order valence-electron chi connectivity index (χ2n) is 5.80. The molecule has 0 aromatic carbocycles. The Labute approximate surface area is 121 Å². The molecule has 1 unspecified atom stereocenters. The Kier molecular flexibility index (Phi) is 6.95. The van der Waals surface area contributed by atoms with Crippen LogP contribution in [0.5, 0.6) is 0 Å². The fourth-order valence-electron chi connectivity index (χ4n) is 2.56. The predicted octanol–water partition coefficient (Wildman–Crippen LogP) is -0.326. The lowest BCUT2D eigenvalue weighted by Gasteiger charge is -2.42. The summed E-state index contributed by atoms with van der Waals surface area (Å²) in [5.74, 6) is 0.328. The molecule has 0 aliphatic carbocycles. The molecule has 0 bridgehead atoms. The Morgan fingerprint density at radius 2 is 2.05 bits per heavy atom. The van der Waals surface area contributed by atoms with E-state index in [1.807, 2.05) is 0 Å². The van der Waals surface area contributed by atoms with Gasteiger partial charge in [-0.3, -0.25) is 14.5 Å². The number of aliphatic hydroxyl groups excluding tert-OH is 1. The summed E-state index contributed by atoms with van der Waals surface area (Å²) in [5.41, 5.74) is 0. The van der Waals surface area contributed by atoms with Gasteiger partial charge in [-0.15, -0.1) is 0 Å². The first-order valence-electron chi connectivity index (χ1n) is 7.31. The van der Waals surface area contributed by atoms with Crippen LogP contribution in [0.3, 0.4) is 0 Å². The van der Waals surface area contributed by atoms with E-state index in [2.05, 4.69) is 24.1 Å². The fraction of sp³-hybridized carbons (Fsp3) is 0.857. The van der Waals surface area contributed by atoms with Gasteiger partial charge < -0.3 is 15.3 Å². The average Bonchev–Trinajstić information content (AvgIpc) is 2.37. The summed E-state index contributed by atoms with van der Waals surface area (Å²) in [6, 6.07) is 0.206. The van der Waals surface area contributed by atoms with E-state index in [0.717, 1.165) is 13.1 Å². The zero-order chi connectivity index (χ0) is 15.1. The van der Waals surface area contributed by atoms with Gasteiger partial charge in [0, 0.05) is 45.8 Å². The van der Waals surface area contributed by atoms with Gasteiger partial charge >= 0.3 is 0 Å². The maximum Gasteiger partial charge on any atom is 0.242 e. The van der Waals surface area contributed by atoms with E-state index in [9.17, 15) is 14.7 Å². The van der Waals surface area contributed by atoms with Crippen LogP contribution in [0.1, 0.15) is 27.2 Å². The van der Waals surface area contributed by atoms with E-state index < -0.39 is 0 Å². The molecule has 0 radical (unpaired) electrons. The molecule has 0 aromatic rings. The third-order valence-electron chi connectivity index (χ3n) is 3.51. The summed E-state index contributed by atoms with van der Waals surface area (Å²) in [6.07, 6.45) is 0.677. The highest BCUT2D eigenvalue weighted by molar-refractivity contribution is 5.83. The summed E-state index contributed by atoms with van der Waals surface area (Å²) in [5, 5.41) is 11.7. The van der Waals surface area contributed by atoms with Crippen molar-refractivity contribution in [2.24, 2.45) is 5.92 Å². The van der Waals surface area contributed by atoms with Crippen molar-refractivity contribution >= 4 is 11.8 Å². The average molecular weight is 285 g/mol. The van der Waals surface area contributed by atoms with Crippen molar-refractivity contribution in [2.75, 3.05) is 39.3 Å². The van der Waals surface area contributed by atoms with Crippen LogP contribution >= 0.6 is 0 Å². The Morgan fingerprint density at radius 1 is 1.35 bits per heavy atom. The molecule has 1 heterocycles. The molecule has 0 aromatic heterocycles. The number of hydrogen-bond acceptors (Lipinski definition) is 4. The van der Waals surface area contributed by atoms with Gasteiger partial charge in [0.15, 0.2) is 0 Å². The van der Waals surface area contributed by atoms with Crippen LogP contribution in [0.25, 0.3) is 0 Å². The number of rotatable bonds is 6. The third kappa shape index (κ3) is 5.46. The standard InChI is InChI=1S/C14H27N3O3/c1-11(2)9-16-5-6-17(10-13(16)4-7-18)14(20)8-15-12(3)19/h11,13,18H,4-10H2,1-3H3,(H,15,19). The zero-order valence-electron chi connectivity index (χ0n) is 12.8. The van der Waals surface area contributed by atoms with Gasteiger partial charge in [0.1, 0.15) is 0 Å². The first-order valence-corrected chi connectivity index (χ1v) is 7.31. The first-order chi connectivity index (χ1) is 9.43. The van der Waals surface area contributed by atoms with Crippen molar-refractivity contribution in [1.29, 1.82) is 0 Å². The van der Waals surface area contributed by atoms with Crippen LogP contribution < -0.4 is 5.32 Å². The van der Waals surface area contributed by atoms with E-state index >= 15 is 0 Å². The summed E-state index contributed by atoms with van der Waals surface area (Å²) in [7, 11) is 0. The number of nitrogens with zero attached hydrogens (tertiary/aromatic N) is 2. The molecule has 0 saturated carbocycles. The SMILES string of the molecule is CC(=O)NCC(=O)N1CCN(CC(C)C)C(CCO)C1. The predicted molar refractivity (Wildman–Crippen MR) is 77.2 cm³/mol. The largest absolute Gasteiger partial charge is 0.396 e. The van der Waals surface area contributed by atoms with Crippen LogP contribution in [0.4, 0.5) is 0 Å². The topological polar surface area (TPSA) is 72.9 Å². The van der Waals surface area contributed by atoms with E-state index in [1.165, 1.54) is 6.92 Å². The highest BCUT2D eigenvalue weighted by Crippen LogP contribution is 2.15. The molecule has 116 valence electrons. The Morgan fingerprint density at radius 3 is 2.60 bits per heavy atom.